The summed E-state index contributed by atoms with van der Waals surface area (Å²) < 4.78 is 57.6. The molecule has 0 radical (unpaired) electrons. The second-order valence-electron chi connectivity index (χ2n) is 7.66. The van der Waals surface area contributed by atoms with Crippen molar-refractivity contribution in [1.29, 1.82) is 0 Å². The zero-order chi connectivity index (χ0) is 22.1. The van der Waals surface area contributed by atoms with Crippen molar-refractivity contribution in [3.63, 3.8) is 0 Å². The van der Waals surface area contributed by atoms with Crippen LogP contribution in [-0.2, 0) is 24.1 Å². The number of hydrogen-bond acceptors (Lipinski definition) is 3. The molecule has 0 bridgehead atoms. The van der Waals surface area contributed by atoms with E-state index in [9.17, 15) is 22.4 Å². The van der Waals surface area contributed by atoms with Gasteiger partial charge >= 0.3 is 6.18 Å². The Hall–Kier alpha value is -2.61. The first-order valence-corrected chi connectivity index (χ1v) is 9.61. The Morgan fingerprint density at radius 3 is 2.30 bits per heavy atom. The number of benzene rings is 2. The van der Waals surface area contributed by atoms with Crippen LogP contribution in [0.3, 0.4) is 0 Å². The minimum Gasteiger partial charge on any atom is -0.488 e. The smallest absolute Gasteiger partial charge is 0.419 e. The second-order valence-corrected chi connectivity index (χ2v) is 7.66. The average Bonchev–Trinajstić information content (AvgIpc) is 2.62. The predicted molar refractivity (Wildman–Crippen MR) is 104 cm³/mol. The van der Waals surface area contributed by atoms with Crippen LogP contribution < -0.4 is 10.1 Å². The predicted octanol–water partition coefficient (Wildman–Crippen LogP) is 4.22. The van der Waals surface area contributed by atoms with Gasteiger partial charge < -0.3 is 10.1 Å². The molecule has 0 unspecified atom stereocenters. The Bertz CT molecular complexity index is 914. The minimum absolute atomic E-state index is 0.0314. The van der Waals surface area contributed by atoms with Crippen LogP contribution in [0.1, 0.15) is 27.8 Å². The van der Waals surface area contributed by atoms with E-state index in [-0.39, 0.29) is 18.4 Å². The lowest BCUT2D eigenvalue weighted by atomic mass is 9.97. The van der Waals surface area contributed by atoms with Gasteiger partial charge in [-0.05, 0) is 48.2 Å². The number of nitrogens with one attached hydrogen (secondary N) is 1. The van der Waals surface area contributed by atoms with Crippen LogP contribution >= 0.6 is 0 Å². The van der Waals surface area contributed by atoms with Gasteiger partial charge in [-0.1, -0.05) is 18.2 Å². The molecule has 0 saturated carbocycles. The molecule has 4 nitrogen and oxygen atoms in total. The van der Waals surface area contributed by atoms with Crippen LogP contribution in [0.15, 0.2) is 30.3 Å². The summed E-state index contributed by atoms with van der Waals surface area (Å²) in [5, 5.41) is 2.66. The topological polar surface area (TPSA) is 41.6 Å². The van der Waals surface area contributed by atoms with Gasteiger partial charge in [0.1, 0.15) is 18.2 Å². The molecule has 1 aliphatic rings. The van der Waals surface area contributed by atoms with Crippen molar-refractivity contribution in [1.82, 2.24) is 10.2 Å². The molecule has 0 aromatic heterocycles. The molecule has 0 atom stereocenters. The number of carbonyl (C=O) groups excluding carboxylic acids is 1. The zero-order valence-electron chi connectivity index (χ0n) is 17.1. The van der Waals surface area contributed by atoms with E-state index < -0.39 is 17.6 Å². The van der Waals surface area contributed by atoms with Crippen LogP contribution in [0.25, 0.3) is 0 Å². The van der Waals surface area contributed by atoms with Crippen LogP contribution in [0.5, 0.6) is 5.75 Å². The first kappa shape index (κ1) is 22.1. The Morgan fingerprint density at radius 2 is 1.77 bits per heavy atom. The molecule has 2 aromatic rings. The number of aryl methyl sites for hydroxylation is 2. The number of ether oxygens (including phenoxy) is 1. The lowest BCUT2D eigenvalue weighted by Gasteiger charge is -2.38. The highest BCUT2D eigenvalue weighted by Gasteiger charge is 2.34. The van der Waals surface area contributed by atoms with E-state index in [1.165, 1.54) is 6.07 Å². The molecular weight excluding hydrogens is 400 g/mol. The second kappa shape index (κ2) is 8.63. The number of nitrogens with zero attached hydrogens (tertiary/aromatic N) is 1. The standard InChI is InChI=1S/C22H24F4N2O2/c1-13-6-16(9-28-10-17(11-28)21(29)27-3)7-14(2)20(13)30-12-15-4-5-18(19(23)8-15)22(24,25)26/h4-8,17H,9-12H2,1-3H3,(H,27,29). The molecule has 1 heterocycles. The largest absolute Gasteiger partial charge is 0.488 e. The molecule has 1 amide bonds. The number of alkyl halides is 3. The van der Waals surface area contributed by atoms with E-state index in [1.807, 2.05) is 26.0 Å². The summed E-state index contributed by atoms with van der Waals surface area (Å²) >= 11 is 0. The van der Waals surface area contributed by atoms with Gasteiger partial charge in [-0.15, -0.1) is 0 Å². The summed E-state index contributed by atoms with van der Waals surface area (Å²) in [5.74, 6) is -0.589. The highest BCUT2D eigenvalue weighted by atomic mass is 19.4. The molecule has 8 heteroatoms. The number of hydrogen-bond donors (Lipinski definition) is 1. The van der Waals surface area contributed by atoms with Gasteiger partial charge in [0.15, 0.2) is 0 Å². The average molecular weight is 424 g/mol. The molecule has 1 fully saturated rings. The van der Waals surface area contributed by atoms with Gasteiger partial charge in [0.05, 0.1) is 11.5 Å². The Kier molecular flexibility index (Phi) is 6.36. The summed E-state index contributed by atoms with van der Waals surface area (Å²) in [7, 11) is 1.63. The van der Waals surface area contributed by atoms with E-state index in [1.54, 1.807) is 7.05 Å². The lowest BCUT2D eigenvalue weighted by molar-refractivity contribution is -0.140. The molecule has 2 aromatic carbocycles. The maximum atomic E-state index is 13.7. The Morgan fingerprint density at radius 1 is 1.13 bits per heavy atom. The molecule has 0 aliphatic carbocycles. The van der Waals surface area contributed by atoms with Crippen molar-refractivity contribution >= 4 is 5.91 Å². The highest BCUT2D eigenvalue weighted by molar-refractivity contribution is 5.79. The highest BCUT2D eigenvalue weighted by Crippen LogP contribution is 2.32. The van der Waals surface area contributed by atoms with Crippen LogP contribution in [-0.4, -0.2) is 30.9 Å². The van der Waals surface area contributed by atoms with Crippen LogP contribution in [0, 0.1) is 25.6 Å². The van der Waals surface area contributed by atoms with E-state index in [2.05, 4.69) is 10.2 Å². The number of likely N-dealkylation sites (tertiary alicyclic amines) is 1. The third-order valence-electron chi connectivity index (χ3n) is 5.22. The van der Waals surface area contributed by atoms with E-state index in [0.29, 0.717) is 11.3 Å². The molecule has 30 heavy (non-hydrogen) atoms. The third kappa shape index (κ3) is 4.92. The van der Waals surface area contributed by atoms with E-state index in [0.717, 1.165) is 48.5 Å². The molecule has 0 spiro atoms. The molecule has 1 saturated heterocycles. The Balaban J connectivity index is 1.62. The maximum Gasteiger partial charge on any atom is 0.419 e. The number of carbonyl (C=O) groups is 1. The maximum absolute atomic E-state index is 13.7. The minimum atomic E-state index is -4.72. The zero-order valence-corrected chi connectivity index (χ0v) is 17.1. The normalized spacial score (nSPS) is 15.0. The molecule has 3 rings (SSSR count). The first-order valence-electron chi connectivity index (χ1n) is 9.61. The van der Waals surface area contributed by atoms with Crippen molar-refractivity contribution in [2.75, 3.05) is 20.1 Å². The van der Waals surface area contributed by atoms with Crippen molar-refractivity contribution in [3.05, 3.63) is 64.0 Å². The fourth-order valence-corrected chi connectivity index (χ4v) is 3.72. The van der Waals surface area contributed by atoms with Gasteiger partial charge in [0.25, 0.3) is 0 Å². The van der Waals surface area contributed by atoms with Crippen LogP contribution in [0.2, 0.25) is 0 Å². The number of halogens is 4. The molecule has 162 valence electrons. The van der Waals surface area contributed by atoms with Crippen molar-refractivity contribution in [3.8, 4) is 5.75 Å². The monoisotopic (exact) mass is 424 g/mol. The molecule has 1 N–H and O–H groups in total. The summed E-state index contributed by atoms with van der Waals surface area (Å²) in [4.78, 5) is 13.8. The first-order chi connectivity index (χ1) is 14.1. The number of amides is 1. The third-order valence-corrected chi connectivity index (χ3v) is 5.22. The van der Waals surface area contributed by atoms with Gasteiger partial charge in [0, 0.05) is 26.7 Å². The van der Waals surface area contributed by atoms with Gasteiger partial charge in [-0.2, -0.15) is 13.2 Å². The summed E-state index contributed by atoms with van der Waals surface area (Å²) in [6, 6.07) is 6.79. The van der Waals surface area contributed by atoms with E-state index in [4.69, 9.17) is 4.74 Å². The lowest BCUT2D eigenvalue weighted by Crippen LogP contribution is -2.52. The van der Waals surface area contributed by atoms with Gasteiger partial charge in [-0.25, -0.2) is 4.39 Å². The van der Waals surface area contributed by atoms with E-state index >= 15 is 0 Å². The number of rotatable bonds is 6. The van der Waals surface area contributed by atoms with Crippen molar-refractivity contribution in [2.24, 2.45) is 5.92 Å². The van der Waals surface area contributed by atoms with Crippen LogP contribution in [0.4, 0.5) is 17.6 Å². The van der Waals surface area contributed by atoms with Gasteiger partial charge in [-0.3, -0.25) is 9.69 Å². The summed E-state index contributed by atoms with van der Waals surface area (Å²) in [6.45, 7) is 5.91. The summed E-state index contributed by atoms with van der Waals surface area (Å²) in [5.41, 5.74) is 1.91. The summed E-state index contributed by atoms with van der Waals surface area (Å²) in [6.07, 6.45) is -4.72. The Labute approximate surface area is 172 Å². The quantitative estimate of drug-likeness (QED) is 0.706. The fourth-order valence-electron chi connectivity index (χ4n) is 3.72. The molecular formula is C22H24F4N2O2. The molecule has 1 aliphatic heterocycles. The van der Waals surface area contributed by atoms with Gasteiger partial charge in [0.2, 0.25) is 5.91 Å². The fraction of sp³-hybridized carbons (Fsp3) is 0.409. The van der Waals surface area contributed by atoms with Crippen molar-refractivity contribution < 1.29 is 27.1 Å². The SMILES string of the molecule is CNC(=O)C1CN(Cc2cc(C)c(OCc3ccc(C(F)(F)F)c(F)c3)c(C)c2)C1. The van der Waals surface area contributed by atoms with Crippen molar-refractivity contribution in [2.45, 2.75) is 33.2 Å².